The number of unbranched alkanes of at least 4 members (excludes halogenated alkanes) is 3. The number of benzene rings is 1. The van der Waals surface area contributed by atoms with Crippen LogP contribution in [0, 0.1) is 0 Å². The van der Waals surface area contributed by atoms with Crippen molar-refractivity contribution in [3.8, 4) is 0 Å². The van der Waals surface area contributed by atoms with E-state index in [4.69, 9.17) is 4.74 Å². The minimum absolute atomic E-state index is 0.187. The predicted molar refractivity (Wildman–Crippen MR) is 126 cm³/mol. The fourth-order valence-electron chi connectivity index (χ4n) is 4.53. The maximum absolute atomic E-state index is 12.6. The summed E-state index contributed by atoms with van der Waals surface area (Å²) in [7, 11) is 0. The number of carbonyl (C=O) groups excluding carboxylic acids is 1. The second-order valence-electron chi connectivity index (χ2n) is 9.91. The zero-order chi connectivity index (χ0) is 21.5. The van der Waals surface area contributed by atoms with E-state index in [1.165, 1.54) is 63.0 Å². The number of hydrogen-bond donors (Lipinski definition) is 0. The van der Waals surface area contributed by atoms with Crippen LogP contribution in [0.15, 0.2) is 18.2 Å². The summed E-state index contributed by atoms with van der Waals surface area (Å²) in [5.41, 5.74) is 2.23. The summed E-state index contributed by atoms with van der Waals surface area (Å²) in [6.45, 7) is 14.2. The summed E-state index contributed by atoms with van der Waals surface area (Å²) in [4.78, 5) is 14.4. The van der Waals surface area contributed by atoms with Crippen LogP contribution in [0.3, 0.4) is 0 Å². The third kappa shape index (κ3) is 6.90. The Morgan fingerprint density at radius 2 is 1.45 bits per heavy atom. The van der Waals surface area contributed by atoms with E-state index in [9.17, 15) is 4.79 Å². The number of amides is 1. The van der Waals surface area contributed by atoms with Gasteiger partial charge in [-0.05, 0) is 0 Å². The molecule has 0 radical (unpaired) electrons. The average molecular weight is 508 g/mol. The molecule has 1 aliphatic rings. The van der Waals surface area contributed by atoms with Crippen molar-refractivity contribution in [2.24, 2.45) is 0 Å². The summed E-state index contributed by atoms with van der Waals surface area (Å²) < 4.78 is 11.8. The molecule has 0 atom stereocenters. The molecule has 0 N–H and O–H groups in total. The molecule has 2 rings (SSSR count). The number of carbonyl (C=O) groups is 1. The van der Waals surface area contributed by atoms with Crippen LogP contribution in [0.5, 0.6) is 0 Å². The maximum atomic E-state index is 12.6. The summed E-state index contributed by atoms with van der Waals surface area (Å²) in [6, 6.07) is 7.29. The Labute approximate surface area is 183 Å². The van der Waals surface area contributed by atoms with Gasteiger partial charge in [-0.3, -0.25) is 0 Å². The van der Waals surface area contributed by atoms with Gasteiger partial charge >= 0.3 is 184 Å². The van der Waals surface area contributed by atoms with E-state index >= 15 is 0 Å². The number of rotatable bonds is 10. The summed E-state index contributed by atoms with van der Waals surface area (Å²) >= 11 is -2.41. The van der Waals surface area contributed by atoms with E-state index in [2.05, 4.69) is 39.0 Å². The van der Waals surface area contributed by atoms with Crippen molar-refractivity contribution in [2.45, 2.75) is 112 Å². The van der Waals surface area contributed by atoms with Crippen molar-refractivity contribution in [1.82, 2.24) is 4.90 Å². The van der Waals surface area contributed by atoms with Gasteiger partial charge in [0.25, 0.3) is 0 Å². The predicted octanol–water partition coefficient (Wildman–Crippen LogP) is 6.99. The molecule has 1 aromatic carbocycles. The second-order valence-corrected chi connectivity index (χ2v) is 23.1. The first kappa shape index (κ1) is 24.6. The van der Waals surface area contributed by atoms with Gasteiger partial charge in [0.15, 0.2) is 0 Å². The zero-order valence-electron chi connectivity index (χ0n) is 19.8. The Morgan fingerprint density at radius 1 is 0.931 bits per heavy atom. The molecule has 164 valence electrons. The first-order valence-electron chi connectivity index (χ1n) is 11.8. The number of ether oxygens (including phenoxy) is 1. The normalized spacial score (nSPS) is 14.2. The molecule has 0 unspecified atom stereocenters. The molecule has 29 heavy (non-hydrogen) atoms. The van der Waals surface area contributed by atoms with Crippen molar-refractivity contribution in [1.29, 1.82) is 0 Å². The molecule has 0 saturated heterocycles. The van der Waals surface area contributed by atoms with Gasteiger partial charge in [0.1, 0.15) is 0 Å². The standard InChI is InChI=1S/C13H16NO2.3C4H9.Sn/c1-13(2,3)16-12(15)14-8-10-6-4-5-7-11(10)9-14;3*1-3-4-2;/h4,6-7H,8-9H2,1-3H3;3*1,3-4H2,2H3;. The molecule has 4 heteroatoms. The molecular formula is C25H43NO2Sn. The molecule has 0 aromatic heterocycles. The van der Waals surface area contributed by atoms with Crippen LogP contribution < -0.4 is 3.58 Å². The molecule has 1 amide bonds. The van der Waals surface area contributed by atoms with Crippen molar-refractivity contribution in [2.75, 3.05) is 0 Å². The molecular weight excluding hydrogens is 465 g/mol. The molecule has 0 saturated carbocycles. The molecule has 1 heterocycles. The fraction of sp³-hybridized carbons (Fsp3) is 0.720. The SMILES string of the molecule is CCC[CH2][Sn]([CH2]CCC)([CH2]CCC)[c]1ccc2c(c1)CN(C(=O)OC(C)(C)C)C2. The molecule has 0 bridgehead atoms. The van der Waals surface area contributed by atoms with Crippen LogP contribution in [0.25, 0.3) is 0 Å². The number of hydrogen-bond acceptors (Lipinski definition) is 2. The van der Waals surface area contributed by atoms with Crippen molar-refractivity contribution >= 4 is 28.0 Å². The van der Waals surface area contributed by atoms with Crippen LogP contribution in [0.4, 0.5) is 4.79 Å². The Hall–Kier alpha value is -0.711. The molecule has 1 aromatic rings. The molecule has 3 nitrogen and oxygen atoms in total. The van der Waals surface area contributed by atoms with Gasteiger partial charge in [0.2, 0.25) is 0 Å². The van der Waals surface area contributed by atoms with Crippen LogP contribution in [-0.2, 0) is 17.8 Å². The van der Waals surface area contributed by atoms with E-state index < -0.39 is 24.0 Å². The first-order chi connectivity index (χ1) is 13.7. The Morgan fingerprint density at radius 3 is 1.93 bits per heavy atom. The zero-order valence-corrected chi connectivity index (χ0v) is 22.6. The van der Waals surface area contributed by atoms with Gasteiger partial charge in [-0.25, -0.2) is 0 Å². The molecule has 0 fully saturated rings. The van der Waals surface area contributed by atoms with E-state index in [-0.39, 0.29) is 6.09 Å². The van der Waals surface area contributed by atoms with Crippen molar-refractivity contribution < 1.29 is 9.53 Å². The average Bonchev–Trinajstić information content (AvgIpc) is 3.10. The van der Waals surface area contributed by atoms with Gasteiger partial charge < -0.3 is 0 Å². The fourth-order valence-corrected chi connectivity index (χ4v) is 20.6. The Kier molecular flexibility index (Phi) is 9.37. The summed E-state index contributed by atoms with van der Waals surface area (Å²) in [6.07, 6.45) is 7.85. The van der Waals surface area contributed by atoms with Crippen LogP contribution in [0.2, 0.25) is 13.3 Å². The minimum atomic E-state index is -2.41. The second kappa shape index (κ2) is 11.1. The molecule has 0 aliphatic carbocycles. The van der Waals surface area contributed by atoms with Crippen molar-refractivity contribution in [3.05, 3.63) is 29.3 Å². The van der Waals surface area contributed by atoms with Gasteiger partial charge in [0, 0.05) is 0 Å². The number of nitrogens with zero attached hydrogens (tertiary/aromatic N) is 1. The van der Waals surface area contributed by atoms with E-state index in [0.29, 0.717) is 13.1 Å². The monoisotopic (exact) mass is 509 g/mol. The summed E-state index contributed by atoms with van der Waals surface area (Å²) in [5, 5.41) is 0. The Balaban J connectivity index is 2.27. The van der Waals surface area contributed by atoms with E-state index in [0.717, 1.165) is 0 Å². The quantitative estimate of drug-likeness (QED) is 0.319. The van der Waals surface area contributed by atoms with Gasteiger partial charge in [-0.15, -0.1) is 0 Å². The van der Waals surface area contributed by atoms with Crippen LogP contribution in [-0.4, -0.2) is 35.0 Å². The first-order valence-corrected chi connectivity index (χ1v) is 19.3. The third-order valence-corrected chi connectivity index (χ3v) is 21.8. The van der Waals surface area contributed by atoms with Gasteiger partial charge in [-0.1, -0.05) is 0 Å². The summed E-state index contributed by atoms with van der Waals surface area (Å²) in [5.74, 6) is 0. The van der Waals surface area contributed by atoms with Crippen LogP contribution in [0.1, 0.15) is 91.2 Å². The molecule has 1 aliphatic heterocycles. The van der Waals surface area contributed by atoms with E-state index in [1.807, 2.05) is 25.7 Å². The van der Waals surface area contributed by atoms with Crippen LogP contribution >= 0.6 is 0 Å². The van der Waals surface area contributed by atoms with Gasteiger partial charge in [-0.2, -0.15) is 0 Å². The van der Waals surface area contributed by atoms with Gasteiger partial charge in [0.05, 0.1) is 0 Å². The number of fused-ring (bicyclic) bond motifs is 1. The Bertz CT molecular complexity index is 644. The topological polar surface area (TPSA) is 29.5 Å². The van der Waals surface area contributed by atoms with Crippen molar-refractivity contribution in [3.63, 3.8) is 0 Å². The molecule has 0 spiro atoms. The third-order valence-electron chi connectivity index (χ3n) is 6.22. The van der Waals surface area contributed by atoms with E-state index in [1.54, 1.807) is 3.58 Å².